The smallest absolute Gasteiger partial charge is 0.407 e. The van der Waals surface area contributed by atoms with Crippen LogP contribution < -0.4 is 20.9 Å². The van der Waals surface area contributed by atoms with Gasteiger partial charge in [0.25, 0.3) is 5.56 Å². The number of alkyl carbamates (subject to hydrolysis) is 1. The fourth-order valence-corrected chi connectivity index (χ4v) is 7.64. The first-order valence-corrected chi connectivity index (χ1v) is 17.7. The quantitative estimate of drug-likeness (QED) is 0.199. The van der Waals surface area contributed by atoms with Gasteiger partial charge in [0.1, 0.15) is 27.5 Å². The number of ether oxygens (including phenoxy) is 1. The normalized spacial score (nSPS) is 18.9. The van der Waals surface area contributed by atoms with Gasteiger partial charge in [0, 0.05) is 31.9 Å². The monoisotopic (exact) mass is 677 g/mol. The summed E-state index contributed by atoms with van der Waals surface area (Å²) < 4.78 is 62.9. The maximum atomic E-state index is 13.7. The van der Waals surface area contributed by atoms with E-state index in [0.29, 0.717) is 30.4 Å². The molecule has 0 spiro atoms. The minimum atomic E-state index is -4.09. The summed E-state index contributed by atoms with van der Waals surface area (Å²) in [6.07, 6.45) is 1.92. The molecule has 0 aliphatic carbocycles. The largest absolute Gasteiger partial charge is 0.506 e. The molecule has 0 saturated carbocycles. The van der Waals surface area contributed by atoms with E-state index in [4.69, 9.17) is 4.74 Å². The van der Waals surface area contributed by atoms with Gasteiger partial charge in [-0.1, -0.05) is 24.6 Å². The van der Waals surface area contributed by atoms with Crippen LogP contribution in [0.25, 0.3) is 11.0 Å². The zero-order valence-electron chi connectivity index (χ0n) is 26.1. The molecule has 1 saturated heterocycles. The second-order valence-corrected chi connectivity index (χ2v) is 16.0. The number of amides is 1. The summed E-state index contributed by atoms with van der Waals surface area (Å²) in [5.41, 5.74) is -1.06. The highest BCUT2D eigenvalue weighted by Crippen LogP contribution is 2.56. The van der Waals surface area contributed by atoms with E-state index in [9.17, 15) is 32.2 Å². The minimum Gasteiger partial charge on any atom is -0.506 e. The lowest BCUT2D eigenvalue weighted by atomic mass is 10.1. The van der Waals surface area contributed by atoms with Crippen LogP contribution in [0.4, 0.5) is 16.2 Å². The lowest BCUT2D eigenvalue weighted by Crippen LogP contribution is -2.42. The van der Waals surface area contributed by atoms with Crippen LogP contribution in [0.1, 0.15) is 53.0 Å². The summed E-state index contributed by atoms with van der Waals surface area (Å²) in [5, 5.41) is 17.0. The van der Waals surface area contributed by atoms with Crippen molar-refractivity contribution in [3.8, 4) is 5.75 Å². The van der Waals surface area contributed by atoms with E-state index in [-0.39, 0.29) is 46.7 Å². The molecule has 2 aliphatic rings. The van der Waals surface area contributed by atoms with E-state index in [1.807, 2.05) is 13.8 Å². The number of hydrogen-bond donors (Lipinski definition) is 6. The molecule has 4 heterocycles. The molecule has 2 aromatic heterocycles. The summed E-state index contributed by atoms with van der Waals surface area (Å²) in [6.45, 7) is 9.69. The minimum absolute atomic E-state index is 0.0172. The average Bonchev–Trinajstić information content (AvgIpc) is 3.41. The van der Waals surface area contributed by atoms with Crippen molar-refractivity contribution < 1.29 is 32.2 Å². The number of amidine groups is 1. The number of rotatable bonds is 8. The third-order valence-corrected chi connectivity index (χ3v) is 10.2. The van der Waals surface area contributed by atoms with Crippen molar-refractivity contribution >= 4 is 55.3 Å². The average molecular weight is 678 g/mol. The Morgan fingerprint density at radius 2 is 1.98 bits per heavy atom. The van der Waals surface area contributed by atoms with Crippen LogP contribution in [0.3, 0.4) is 0 Å². The Morgan fingerprint density at radius 1 is 1.24 bits per heavy atom. The van der Waals surface area contributed by atoms with Crippen molar-refractivity contribution in [2.24, 2.45) is 10.3 Å². The number of nitrogens with one attached hydrogen (secondary N) is 3. The number of nitrogens with zero attached hydrogens (tertiary/aromatic N) is 4. The number of aromatic nitrogens is 2. The van der Waals surface area contributed by atoms with Gasteiger partial charge < -0.3 is 20.5 Å². The van der Waals surface area contributed by atoms with Crippen LogP contribution in [-0.2, 0) is 21.5 Å². The first-order chi connectivity index (χ1) is 21.4. The Kier molecular flexibility index (Phi) is 9.00. The topological polar surface area (TPSA) is 208 Å². The molecule has 0 bridgehead atoms. The van der Waals surface area contributed by atoms with Gasteiger partial charge in [-0.2, -0.15) is 12.7 Å². The SMILES string of the molecule is CC(C)CCn1c(=O)c(C2=NS(O)(O)c3cc(NS(=O)(=O)N4CCC(NC(=O)OC(C)(C)C)C4)ccc3N2)c(O)c2cccnc21. The summed E-state index contributed by atoms with van der Waals surface area (Å²) in [5.74, 6) is -0.374. The highest BCUT2D eigenvalue weighted by molar-refractivity contribution is 8.23. The molecule has 3 aromatic rings. The Bertz CT molecular complexity index is 1870. The fourth-order valence-electron chi connectivity index (χ4n) is 5.17. The first-order valence-electron chi connectivity index (χ1n) is 14.7. The molecular formula is C29H39N7O8S2. The van der Waals surface area contributed by atoms with Crippen LogP contribution in [0, 0.1) is 5.92 Å². The molecule has 6 N–H and O–H groups in total. The van der Waals surface area contributed by atoms with Gasteiger partial charge in [0.2, 0.25) is 0 Å². The molecule has 5 rings (SSSR count). The van der Waals surface area contributed by atoms with E-state index in [1.165, 1.54) is 33.3 Å². The third-order valence-electron chi connectivity index (χ3n) is 7.37. The standard InChI is InChI=1S/C29H39N7O8S2/c1-17(2)10-14-36-26-20(7-6-12-30-26)24(37)23(27(36)38)25-32-21-9-8-18(15-22(21)45(40,41)34-25)33-46(42,43)35-13-11-19(16-35)31-28(39)44-29(3,4)5/h6-9,12,15,17,19,33,37,40-41H,10-11,13-14,16H2,1-5H3,(H,31,39)(H,32,34). The molecule has 1 atom stereocenters. The summed E-state index contributed by atoms with van der Waals surface area (Å²) in [7, 11) is -8.04. The second-order valence-electron chi connectivity index (χ2n) is 12.6. The van der Waals surface area contributed by atoms with Gasteiger partial charge in [-0.3, -0.25) is 23.2 Å². The molecule has 1 unspecified atom stereocenters. The Morgan fingerprint density at radius 3 is 2.67 bits per heavy atom. The molecule has 250 valence electrons. The van der Waals surface area contributed by atoms with Gasteiger partial charge in [0.05, 0.1) is 16.8 Å². The van der Waals surface area contributed by atoms with Crippen molar-refractivity contribution in [2.45, 2.75) is 70.5 Å². The van der Waals surface area contributed by atoms with Crippen LogP contribution >= 0.6 is 10.8 Å². The number of anilines is 2. The van der Waals surface area contributed by atoms with E-state index in [2.05, 4.69) is 24.7 Å². The number of aromatic hydroxyl groups is 1. The summed E-state index contributed by atoms with van der Waals surface area (Å²) in [6, 6.07) is 6.85. The predicted molar refractivity (Wildman–Crippen MR) is 177 cm³/mol. The lowest BCUT2D eigenvalue weighted by molar-refractivity contribution is 0.0507. The van der Waals surface area contributed by atoms with Crippen molar-refractivity contribution in [1.29, 1.82) is 0 Å². The summed E-state index contributed by atoms with van der Waals surface area (Å²) in [4.78, 5) is 30.0. The third kappa shape index (κ3) is 7.07. The highest BCUT2D eigenvalue weighted by atomic mass is 32.3. The van der Waals surface area contributed by atoms with Gasteiger partial charge in [-0.05, 0) is 69.9 Å². The fraction of sp³-hybridized carbons (Fsp3) is 0.448. The number of benzene rings is 1. The van der Waals surface area contributed by atoms with Crippen LogP contribution in [0.15, 0.2) is 50.6 Å². The van der Waals surface area contributed by atoms with Crippen LogP contribution in [0.2, 0.25) is 0 Å². The van der Waals surface area contributed by atoms with E-state index in [0.717, 1.165) is 0 Å². The number of aryl methyl sites for hydroxylation is 1. The van der Waals surface area contributed by atoms with Gasteiger partial charge >= 0.3 is 16.3 Å². The first kappa shape index (κ1) is 33.5. The number of carbonyl (C=O) groups excluding carboxylic acids is 1. The molecular weight excluding hydrogens is 638 g/mol. The Labute approximate surface area is 268 Å². The molecule has 2 aliphatic heterocycles. The Balaban J connectivity index is 1.39. The lowest BCUT2D eigenvalue weighted by Gasteiger charge is -2.34. The van der Waals surface area contributed by atoms with Gasteiger partial charge in [-0.25, -0.2) is 9.78 Å². The van der Waals surface area contributed by atoms with E-state index < -0.39 is 50.0 Å². The zero-order valence-corrected chi connectivity index (χ0v) is 27.8. The van der Waals surface area contributed by atoms with Crippen molar-refractivity contribution in [3.05, 3.63) is 52.4 Å². The van der Waals surface area contributed by atoms with Crippen molar-refractivity contribution in [1.82, 2.24) is 19.2 Å². The summed E-state index contributed by atoms with van der Waals surface area (Å²) >= 11 is 0. The van der Waals surface area contributed by atoms with E-state index in [1.54, 1.807) is 32.9 Å². The van der Waals surface area contributed by atoms with Crippen LogP contribution in [0.5, 0.6) is 5.75 Å². The van der Waals surface area contributed by atoms with E-state index >= 15 is 0 Å². The van der Waals surface area contributed by atoms with Gasteiger partial charge in [-0.15, -0.1) is 4.40 Å². The second kappa shape index (κ2) is 12.4. The molecule has 46 heavy (non-hydrogen) atoms. The molecule has 0 radical (unpaired) electrons. The predicted octanol–water partition coefficient (Wildman–Crippen LogP) is 4.30. The molecule has 15 nitrogen and oxygen atoms in total. The van der Waals surface area contributed by atoms with Crippen LogP contribution in [-0.4, -0.2) is 73.1 Å². The number of pyridine rings is 2. The molecule has 1 aromatic carbocycles. The van der Waals surface area contributed by atoms with Gasteiger partial charge in [0.15, 0.2) is 5.84 Å². The highest BCUT2D eigenvalue weighted by Gasteiger charge is 2.35. The molecule has 1 amide bonds. The molecule has 1 fully saturated rings. The van der Waals surface area contributed by atoms with Crippen molar-refractivity contribution in [2.75, 3.05) is 23.1 Å². The Hall–Kier alpha value is -3.90. The number of fused-ring (bicyclic) bond motifs is 2. The number of hydrogen-bond acceptors (Lipinski definition) is 11. The number of carbonyl (C=O) groups is 1. The van der Waals surface area contributed by atoms with Crippen molar-refractivity contribution in [3.63, 3.8) is 0 Å². The zero-order chi connectivity index (χ0) is 33.6. The maximum absolute atomic E-state index is 13.7. The molecule has 17 heteroatoms. The maximum Gasteiger partial charge on any atom is 0.407 e.